The first-order valence-corrected chi connectivity index (χ1v) is 20.9. The molecule has 0 N–H and O–H groups in total. The monoisotopic (exact) mass is 781 g/mol. The van der Waals surface area contributed by atoms with Crippen molar-refractivity contribution in [2.75, 3.05) is 52.9 Å². The van der Waals surface area contributed by atoms with Crippen molar-refractivity contribution in [1.82, 2.24) is 0 Å². The summed E-state index contributed by atoms with van der Waals surface area (Å²) in [6.07, 6.45) is 25.6. The zero-order chi connectivity index (χ0) is 40.0. The predicted molar refractivity (Wildman–Crippen MR) is 205 cm³/mol. The fourth-order valence-electron chi connectivity index (χ4n) is 5.09. The number of rotatable bonds is 34. The standard InChI is InChI=1S/C30H58O6.C10H18O8/c1-3-5-7-9-11-13-15-17-19-21-23-25-27-33-29(31)35-36-30(32)34-28-26-24-22-20-18-16-14-12-10-8-6-4-2;1-3-13-5-7-15-9(11)17-18-10(12)16-8-6-14-4-2/h3-28H2,1-2H3;3-8H2,1-2H3. The highest BCUT2D eigenvalue weighted by molar-refractivity contribution is 5.64. The van der Waals surface area contributed by atoms with Crippen molar-refractivity contribution in [3.8, 4) is 0 Å². The lowest BCUT2D eigenvalue weighted by Gasteiger charge is -2.06. The van der Waals surface area contributed by atoms with E-state index in [1.807, 2.05) is 0 Å². The van der Waals surface area contributed by atoms with E-state index in [4.69, 9.17) is 18.9 Å². The highest BCUT2D eigenvalue weighted by atomic mass is 17.3. The minimum atomic E-state index is -1.14. The van der Waals surface area contributed by atoms with Gasteiger partial charge in [0.05, 0.1) is 26.4 Å². The molecule has 0 spiro atoms. The van der Waals surface area contributed by atoms with Crippen LogP contribution < -0.4 is 0 Å². The zero-order valence-corrected chi connectivity index (χ0v) is 34.3. The summed E-state index contributed by atoms with van der Waals surface area (Å²) in [7, 11) is 0. The molecule has 14 nitrogen and oxygen atoms in total. The minimum absolute atomic E-state index is 0.00935. The van der Waals surface area contributed by atoms with E-state index in [1.165, 1.54) is 116 Å². The van der Waals surface area contributed by atoms with Gasteiger partial charge in [-0.2, -0.15) is 38.7 Å². The van der Waals surface area contributed by atoms with Crippen molar-refractivity contribution in [2.24, 2.45) is 0 Å². The van der Waals surface area contributed by atoms with E-state index in [9.17, 15) is 19.2 Å². The maximum absolute atomic E-state index is 11.5. The van der Waals surface area contributed by atoms with Crippen LogP contribution in [0.3, 0.4) is 0 Å². The third-order valence-corrected chi connectivity index (χ3v) is 8.09. The van der Waals surface area contributed by atoms with Gasteiger partial charge < -0.3 is 28.4 Å². The van der Waals surface area contributed by atoms with E-state index in [0.29, 0.717) is 13.2 Å². The molecule has 0 fully saturated rings. The molecule has 0 radical (unpaired) electrons. The van der Waals surface area contributed by atoms with Crippen molar-refractivity contribution in [3.05, 3.63) is 0 Å². The Bertz CT molecular complexity index is 760. The summed E-state index contributed by atoms with van der Waals surface area (Å²) >= 11 is 0. The molecule has 0 unspecified atom stereocenters. The Balaban J connectivity index is 0. The summed E-state index contributed by atoms with van der Waals surface area (Å²) in [5, 5.41) is 0. The number of unbranched alkanes of at least 4 members (excludes halogenated alkanes) is 22. The molecule has 0 rings (SSSR count). The van der Waals surface area contributed by atoms with Gasteiger partial charge in [-0.15, -0.1) is 0 Å². The summed E-state index contributed by atoms with van der Waals surface area (Å²) < 4.78 is 28.6. The predicted octanol–water partition coefficient (Wildman–Crippen LogP) is 11.9. The Kier molecular flexibility index (Phi) is 45.4. The van der Waals surface area contributed by atoms with E-state index in [0.717, 1.165) is 38.5 Å². The van der Waals surface area contributed by atoms with Crippen LogP contribution in [0.5, 0.6) is 0 Å². The Morgan fingerprint density at radius 1 is 0.278 bits per heavy atom. The van der Waals surface area contributed by atoms with Gasteiger partial charge in [-0.3, -0.25) is 0 Å². The molecule has 0 saturated heterocycles. The second-order valence-corrected chi connectivity index (χ2v) is 12.9. The highest BCUT2D eigenvalue weighted by Crippen LogP contribution is 2.13. The summed E-state index contributed by atoms with van der Waals surface area (Å²) in [6, 6.07) is 0. The zero-order valence-electron chi connectivity index (χ0n) is 34.3. The van der Waals surface area contributed by atoms with Crippen LogP contribution in [0.15, 0.2) is 0 Å². The first-order chi connectivity index (χ1) is 26.4. The van der Waals surface area contributed by atoms with Gasteiger partial charge in [0.2, 0.25) is 0 Å². The average molecular weight is 781 g/mol. The Morgan fingerprint density at radius 2 is 0.500 bits per heavy atom. The third kappa shape index (κ3) is 47.0. The maximum atomic E-state index is 11.5. The Morgan fingerprint density at radius 3 is 0.741 bits per heavy atom. The molecule has 0 amide bonds. The van der Waals surface area contributed by atoms with Crippen LogP contribution in [0.1, 0.15) is 182 Å². The molecule has 0 aliphatic heterocycles. The fraction of sp³-hybridized carbons (Fsp3) is 0.900. The molecule has 0 aliphatic carbocycles. The van der Waals surface area contributed by atoms with Crippen LogP contribution in [0.2, 0.25) is 0 Å². The van der Waals surface area contributed by atoms with Crippen LogP contribution in [-0.2, 0) is 48.0 Å². The third-order valence-electron chi connectivity index (χ3n) is 8.09. The smallest absolute Gasteiger partial charge is 0.432 e. The lowest BCUT2D eigenvalue weighted by Crippen LogP contribution is -2.17. The Labute approximate surface area is 326 Å². The highest BCUT2D eigenvalue weighted by Gasteiger charge is 2.13. The van der Waals surface area contributed by atoms with Gasteiger partial charge in [-0.05, 0) is 26.7 Å². The van der Waals surface area contributed by atoms with Gasteiger partial charge in [0.1, 0.15) is 13.2 Å². The maximum Gasteiger partial charge on any atom is 0.550 e. The second-order valence-electron chi connectivity index (χ2n) is 12.9. The number of carbonyl (C=O) groups is 4. The van der Waals surface area contributed by atoms with Crippen LogP contribution >= 0.6 is 0 Å². The van der Waals surface area contributed by atoms with Gasteiger partial charge in [0.25, 0.3) is 0 Å². The summed E-state index contributed by atoms with van der Waals surface area (Å²) in [6.45, 7) is 10.2. The van der Waals surface area contributed by atoms with Crippen molar-refractivity contribution >= 4 is 24.6 Å². The van der Waals surface area contributed by atoms with E-state index in [-0.39, 0.29) is 39.6 Å². The molecule has 0 aromatic heterocycles. The molecule has 14 heteroatoms. The van der Waals surface area contributed by atoms with Gasteiger partial charge in [0.15, 0.2) is 0 Å². The molecule has 0 aliphatic rings. The summed E-state index contributed by atoms with van der Waals surface area (Å²) in [5.41, 5.74) is 0. The number of hydrogen-bond donors (Lipinski definition) is 0. The topological polar surface area (TPSA) is 161 Å². The lowest BCUT2D eigenvalue weighted by molar-refractivity contribution is -0.219. The van der Waals surface area contributed by atoms with E-state index in [1.54, 1.807) is 13.8 Å². The van der Waals surface area contributed by atoms with Gasteiger partial charge in [-0.1, -0.05) is 155 Å². The Hall–Kier alpha value is -3.00. The van der Waals surface area contributed by atoms with Crippen LogP contribution in [-0.4, -0.2) is 77.5 Å². The number of carbonyl (C=O) groups excluding carboxylic acids is 4. The molecule has 0 aromatic carbocycles. The molecule has 0 aromatic rings. The summed E-state index contributed by atoms with van der Waals surface area (Å²) in [5.74, 6) is 0. The van der Waals surface area contributed by atoms with Crippen molar-refractivity contribution < 1.29 is 67.1 Å². The molecular weight excluding hydrogens is 704 g/mol. The normalized spacial score (nSPS) is 10.4. The van der Waals surface area contributed by atoms with E-state index >= 15 is 0 Å². The van der Waals surface area contributed by atoms with E-state index < -0.39 is 24.6 Å². The number of ether oxygens (including phenoxy) is 6. The van der Waals surface area contributed by atoms with Crippen LogP contribution in [0.25, 0.3) is 0 Å². The van der Waals surface area contributed by atoms with Crippen molar-refractivity contribution in [2.45, 2.75) is 182 Å². The molecule has 0 saturated carbocycles. The van der Waals surface area contributed by atoms with Crippen molar-refractivity contribution in [1.29, 1.82) is 0 Å². The van der Waals surface area contributed by atoms with Crippen LogP contribution in [0.4, 0.5) is 19.2 Å². The first-order valence-electron chi connectivity index (χ1n) is 20.9. The fourth-order valence-corrected chi connectivity index (χ4v) is 5.09. The molecular formula is C40H76O14. The average Bonchev–Trinajstić information content (AvgIpc) is 3.17. The largest absolute Gasteiger partial charge is 0.550 e. The molecule has 320 valence electrons. The quantitative estimate of drug-likeness (QED) is 0.0199. The second kappa shape index (κ2) is 46.2. The van der Waals surface area contributed by atoms with Crippen LogP contribution in [0, 0.1) is 0 Å². The molecule has 54 heavy (non-hydrogen) atoms. The molecule has 0 bridgehead atoms. The van der Waals surface area contributed by atoms with E-state index in [2.05, 4.69) is 42.9 Å². The van der Waals surface area contributed by atoms with Crippen molar-refractivity contribution in [3.63, 3.8) is 0 Å². The van der Waals surface area contributed by atoms with Gasteiger partial charge >= 0.3 is 24.6 Å². The number of hydrogen-bond acceptors (Lipinski definition) is 14. The minimum Gasteiger partial charge on any atom is -0.432 e. The lowest BCUT2D eigenvalue weighted by atomic mass is 10.1. The SMILES string of the molecule is CCCCCCCCCCCCCCOC(=O)OOC(=O)OCCCCCCCCCCCCCC.CCOCCOC(=O)OOC(=O)OCCOCC. The summed E-state index contributed by atoms with van der Waals surface area (Å²) in [4.78, 5) is 61.3. The molecule has 0 atom stereocenters. The van der Waals surface area contributed by atoms with Gasteiger partial charge in [0, 0.05) is 13.2 Å². The first kappa shape index (κ1) is 53.1. The molecule has 0 heterocycles. The van der Waals surface area contributed by atoms with Gasteiger partial charge in [-0.25, -0.2) is 0 Å².